The molecule has 0 saturated carbocycles. The summed E-state index contributed by atoms with van der Waals surface area (Å²) in [6, 6.07) is 8.09. The highest BCUT2D eigenvalue weighted by molar-refractivity contribution is 6.30. The summed E-state index contributed by atoms with van der Waals surface area (Å²) in [6.45, 7) is 4.70. The van der Waals surface area contributed by atoms with Crippen LogP contribution < -0.4 is 5.32 Å². The Labute approximate surface area is 96.3 Å². The molecular formula is C12H18ClNO. The molecule has 0 aliphatic rings. The molecule has 0 spiro atoms. The number of hydrogen-bond donors (Lipinski definition) is 2. The Kier molecular flexibility index (Phi) is 5.09. The van der Waals surface area contributed by atoms with Crippen molar-refractivity contribution in [1.29, 1.82) is 0 Å². The van der Waals surface area contributed by atoms with Gasteiger partial charge in [-0.3, -0.25) is 0 Å². The maximum Gasteiger partial charge on any atom is 0.0524 e. The van der Waals surface area contributed by atoms with E-state index in [1.807, 2.05) is 24.3 Å². The van der Waals surface area contributed by atoms with Gasteiger partial charge >= 0.3 is 0 Å². The highest BCUT2D eigenvalue weighted by atomic mass is 35.5. The van der Waals surface area contributed by atoms with Crippen LogP contribution in [0.1, 0.15) is 31.9 Å². The van der Waals surface area contributed by atoms with E-state index >= 15 is 0 Å². The highest BCUT2D eigenvalue weighted by Crippen LogP contribution is 2.17. The monoisotopic (exact) mass is 227 g/mol. The molecule has 2 atom stereocenters. The molecular weight excluding hydrogens is 210 g/mol. The lowest BCUT2D eigenvalue weighted by Gasteiger charge is -2.15. The van der Waals surface area contributed by atoms with Crippen molar-refractivity contribution in [2.75, 3.05) is 6.54 Å². The SMILES string of the molecule is C[C@H](O)CCN[C@@H](C)c1cccc(Cl)c1. The third-order valence-electron chi connectivity index (χ3n) is 2.36. The lowest BCUT2D eigenvalue weighted by atomic mass is 10.1. The molecule has 2 N–H and O–H groups in total. The molecule has 0 bridgehead atoms. The molecule has 0 saturated heterocycles. The zero-order valence-corrected chi connectivity index (χ0v) is 9.96. The largest absolute Gasteiger partial charge is 0.393 e. The van der Waals surface area contributed by atoms with Crippen LogP contribution in [0.4, 0.5) is 0 Å². The van der Waals surface area contributed by atoms with Gasteiger partial charge in [-0.1, -0.05) is 23.7 Å². The summed E-state index contributed by atoms with van der Waals surface area (Å²) in [6.07, 6.45) is 0.523. The quantitative estimate of drug-likeness (QED) is 0.811. The van der Waals surface area contributed by atoms with Crippen molar-refractivity contribution in [2.24, 2.45) is 0 Å². The first kappa shape index (κ1) is 12.5. The topological polar surface area (TPSA) is 32.3 Å². The molecule has 0 unspecified atom stereocenters. The van der Waals surface area contributed by atoms with E-state index in [-0.39, 0.29) is 12.1 Å². The summed E-state index contributed by atoms with van der Waals surface area (Å²) < 4.78 is 0. The molecule has 1 aromatic rings. The molecule has 2 nitrogen and oxygen atoms in total. The minimum Gasteiger partial charge on any atom is -0.393 e. The third kappa shape index (κ3) is 4.65. The molecule has 3 heteroatoms. The lowest BCUT2D eigenvalue weighted by molar-refractivity contribution is 0.182. The van der Waals surface area contributed by atoms with Crippen LogP contribution in [-0.2, 0) is 0 Å². The van der Waals surface area contributed by atoms with E-state index in [2.05, 4.69) is 12.2 Å². The Morgan fingerprint density at radius 3 is 2.73 bits per heavy atom. The van der Waals surface area contributed by atoms with Crippen LogP contribution in [-0.4, -0.2) is 17.8 Å². The number of hydrogen-bond acceptors (Lipinski definition) is 2. The molecule has 0 aliphatic heterocycles. The Balaban J connectivity index is 2.43. The Bertz CT molecular complexity index is 301. The van der Waals surface area contributed by atoms with E-state index in [4.69, 9.17) is 16.7 Å². The van der Waals surface area contributed by atoms with Crippen molar-refractivity contribution in [3.05, 3.63) is 34.9 Å². The van der Waals surface area contributed by atoms with E-state index in [0.29, 0.717) is 0 Å². The van der Waals surface area contributed by atoms with Gasteiger partial charge in [0, 0.05) is 11.1 Å². The van der Waals surface area contributed by atoms with Crippen LogP contribution in [0.25, 0.3) is 0 Å². The van der Waals surface area contributed by atoms with Gasteiger partial charge in [0.15, 0.2) is 0 Å². The molecule has 0 fully saturated rings. The van der Waals surface area contributed by atoms with Crippen molar-refractivity contribution in [2.45, 2.75) is 32.4 Å². The smallest absolute Gasteiger partial charge is 0.0524 e. The molecule has 0 aromatic heterocycles. The maximum absolute atomic E-state index is 9.12. The van der Waals surface area contributed by atoms with Crippen LogP contribution in [0.5, 0.6) is 0 Å². The van der Waals surface area contributed by atoms with Gasteiger partial charge in [-0.25, -0.2) is 0 Å². The van der Waals surface area contributed by atoms with E-state index in [1.54, 1.807) is 6.92 Å². The summed E-state index contributed by atoms with van der Waals surface area (Å²) in [5, 5.41) is 13.2. The molecule has 0 heterocycles. The summed E-state index contributed by atoms with van der Waals surface area (Å²) in [7, 11) is 0. The standard InChI is InChI=1S/C12H18ClNO/c1-9(15)6-7-14-10(2)11-4-3-5-12(13)8-11/h3-5,8-10,14-15H,6-7H2,1-2H3/t9-,10-/m0/s1. The van der Waals surface area contributed by atoms with E-state index in [0.717, 1.165) is 18.0 Å². The molecule has 0 radical (unpaired) electrons. The molecule has 0 aliphatic carbocycles. The minimum absolute atomic E-state index is 0.246. The maximum atomic E-state index is 9.12. The van der Waals surface area contributed by atoms with E-state index < -0.39 is 0 Å². The number of aliphatic hydroxyl groups is 1. The highest BCUT2D eigenvalue weighted by Gasteiger charge is 2.05. The molecule has 15 heavy (non-hydrogen) atoms. The fourth-order valence-electron chi connectivity index (χ4n) is 1.40. The van der Waals surface area contributed by atoms with E-state index in [1.165, 1.54) is 5.56 Å². The second-order valence-electron chi connectivity index (χ2n) is 3.87. The predicted molar refractivity (Wildman–Crippen MR) is 64.2 cm³/mol. The summed E-state index contributed by atoms with van der Waals surface area (Å²) >= 11 is 5.91. The molecule has 0 amide bonds. The number of benzene rings is 1. The Hall–Kier alpha value is -0.570. The summed E-state index contributed by atoms with van der Waals surface area (Å²) in [5.74, 6) is 0. The number of halogens is 1. The molecule has 1 aromatic carbocycles. The molecule has 84 valence electrons. The second-order valence-corrected chi connectivity index (χ2v) is 4.30. The van der Waals surface area contributed by atoms with Crippen LogP contribution in [0, 0.1) is 0 Å². The van der Waals surface area contributed by atoms with Gasteiger partial charge in [-0.05, 0) is 44.5 Å². The van der Waals surface area contributed by atoms with Gasteiger partial charge in [0.05, 0.1) is 6.10 Å². The zero-order chi connectivity index (χ0) is 11.3. The fraction of sp³-hybridized carbons (Fsp3) is 0.500. The van der Waals surface area contributed by atoms with Crippen LogP contribution in [0.2, 0.25) is 5.02 Å². The van der Waals surface area contributed by atoms with Gasteiger partial charge in [-0.2, -0.15) is 0 Å². The van der Waals surface area contributed by atoms with Crippen molar-refractivity contribution in [3.8, 4) is 0 Å². The van der Waals surface area contributed by atoms with Gasteiger partial charge in [0.25, 0.3) is 0 Å². The summed E-state index contributed by atoms with van der Waals surface area (Å²) in [5.41, 5.74) is 1.17. The average Bonchev–Trinajstić information content (AvgIpc) is 2.17. The van der Waals surface area contributed by atoms with Crippen LogP contribution in [0.15, 0.2) is 24.3 Å². The van der Waals surface area contributed by atoms with Crippen molar-refractivity contribution >= 4 is 11.6 Å². The molecule has 1 rings (SSSR count). The zero-order valence-electron chi connectivity index (χ0n) is 9.20. The van der Waals surface area contributed by atoms with Gasteiger partial charge in [-0.15, -0.1) is 0 Å². The number of rotatable bonds is 5. The first-order valence-corrected chi connectivity index (χ1v) is 5.64. The Morgan fingerprint density at radius 1 is 1.40 bits per heavy atom. The lowest BCUT2D eigenvalue weighted by Crippen LogP contribution is -2.22. The number of aliphatic hydroxyl groups excluding tert-OH is 1. The minimum atomic E-state index is -0.246. The third-order valence-corrected chi connectivity index (χ3v) is 2.60. The van der Waals surface area contributed by atoms with Crippen LogP contribution >= 0.6 is 11.6 Å². The van der Waals surface area contributed by atoms with Crippen molar-refractivity contribution < 1.29 is 5.11 Å². The van der Waals surface area contributed by atoms with Crippen molar-refractivity contribution in [1.82, 2.24) is 5.32 Å². The van der Waals surface area contributed by atoms with Crippen LogP contribution in [0.3, 0.4) is 0 Å². The average molecular weight is 228 g/mol. The van der Waals surface area contributed by atoms with Gasteiger partial charge in [0.1, 0.15) is 0 Å². The fourth-order valence-corrected chi connectivity index (χ4v) is 1.60. The Morgan fingerprint density at radius 2 is 2.13 bits per heavy atom. The van der Waals surface area contributed by atoms with Gasteiger partial charge in [0.2, 0.25) is 0 Å². The first-order chi connectivity index (χ1) is 7.09. The normalized spacial score (nSPS) is 14.9. The first-order valence-electron chi connectivity index (χ1n) is 5.26. The number of nitrogens with one attached hydrogen (secondary N) is 1. The second kappa shape index (κ2) is 6.11. The van der Waals surface area contributed by atoms with Gasteiger partial charge < -0.3 is 10.4 Å². The van der Waals surface area contributed by atoms with E-state index in [9.17, 15) is 0 Å². The van der Waals surface area contributed by atoms with Crippen molar-refractivity contribution in [3.63, 3.8) is 0 Å². The summed E-state index contributed by atoms with van der Waals surface area (Å²) in [4.78, 5) is 0. The predicted octanol–water partition coefficient (Wildman–Crippen LogP) is 2.76.